The summed E-state index contributed by atoms with van der Waals surface area (Å²) in [5, 5.41) is 0. The Morgan fingerprint density at radius 3 is 2.22 bits per heavy atom. The highest BCUT2D eigenvalue weighted by Crippen LogP contribution is 2.29. The molecular weight excluding hydrogens is 418 g/mol. The number of hydrogen-bond donors (Lipinski definition) is 0. The van der Waals surface area contributed by atoms with Gasteiger partial charge in [-0.1, -0.05) is 54.0 Å². The Bertz CT molecular complexity index is 830. The number of hydrogen-bond acceptors (Lipinski definition) is 3. The smallest absolute Gasteiger partial charge is 0.164 e. The van der Waals surface area contributed by atoms with Crippen LogP contribution in [-0.2, 0) is 0 Å². The van der Waals surface area contributed by atoms with Gasteiger partial charge in [0.15, 0.2) is 11.6 Å². The minimum absolute atomic E-state index is 0.511. The lowest BCUT2D eigenvalue weighted by Crippen LogP contribution is -1.96. The lowest BCUT2D eigenvalue weighted by molar-refractivity contribution is 0.867. The molecule has 0 saturated carbocycles. The largest absolute Gasteiger partial charge is 0.217 e. The fraction of sp³-hybridized carbons (Fsp3) is 0.167. The van der Waals surface area contributed by atoms with Crippen molar-refractivity contribution in [3.63, 3.8) is 0 Å². The quantitative estimate of drug-likeness (QED) is 0.520. The first-order chi connectivity index (χ1) is 11.0. The molecule has 23 heavy (non-hydrogen) atoms. The highest BCUT2D eigenvalue weighted by atomic mass is 79.9. The summed E-state index contributed by atoms with van der Waals surface area (Å²) in [5.74, 6) is 1.85. The van der Waals surface area contributed by atoms with Crippen LogP contribution in [0.3, 0.4) is 0 Å². The van der Waals surface area contributed by atoms with Gasteiger partial charge in [0.05, 0.1) is 0 Å². The van der Waals surface area contributed by atoms with E-state index in [2.05, 4.69) is 84.9 Å². The molecule has 0 radical (unpaired) electrons. The maximum Gasteiger partial charge on any atom is 0.164 e. The first kappa shape index (κ1) is 16.3. The SMILES string of the molecule is CC(C)c1ccc(-c2ncnc(-c3ccc(Br)cc3Br)n2)cc1. The molecular formula is C18H15Br2N3. The minimum Gasteiger partial charge on any atom is -0.217 e. The Morgan fingerprint density at radius 2 is 1.57 bits per heavy atom. The Balaban J connectivity index is 1.99. The summed E-state index contributed by atoms with van der Waals surface area (Å²) in [6.07, 6.45) is 1.56. The zero-order valence-electron chi connectivity index (χ0n) is 12.8. The maximum atomic E-state index is 4.61. The first-order valence-corrected chi connectivity index (χ1v) is 8.88. The van der Waals surface area contributed by atoms with Gasteiger partial charge in [-0.2, -0.15) is 0 Å². The number of benzene rings is 2. The fourth-order valence-electron chi connectivity index (χ4n) is 2.25. The zero-order valence-corrected chi connectivity index (χ0v) is 16.0. The van der Waals surface area contributed by atoms with Gasteiger partial charge in [0.25, 0.3) is 0 Å². The zero-order chi connectivity index (χ0) is 16.4. The number of halogens is 2. The van der Waals surface area contributed by atoms with E-state index in [-0.39, 0.29) is 0 Å². The molecule has 116 valence electrons. The maximum absolute atomic E-state index is 4.61. The van der Waals surface area contributed by atoms with Crippen LogP contribution < -0.4 is 0 Å². The summed E-state index contributed by atoms with van der Waals surface area (Å²) in [7, 11) is 0. The number of nitrogens with zero attached hydrogens (tertiary/aromatic N) is 3. The Labute approximate surface area is 152 Å². The average molecular weight is 433 g/mol. The molecule has 0 aliphatic rings. The predicted octanol–water partition coefficient (Wildman–Crippen LogP) is 5.85. The molecule has 1 aromatic heterocycles. The van der Waals surface area contributed by atoms with E-state index >= 15 is 0 Å². The van der Waals surface area contributed by atoms with E-state index in [0.29, 0.717) is 17.6 Å². The predicted molar refractivity (Wildman–Crippen MR) is 100 cm³/mol. The van der Waals surface area contributed by atoms with Crippen molar-refractivity contribution >= 4 is 31.9 Å². The van der Waals surface area contributed by atoms with Crippen molar-refractivity contribution in [2.75, 3.05) is 0 Å². The van der Waals surface area contributed by atoms with Crippen LogP contribution in [0.15, 0.2) is 57.7 Å². The van der Waals surface area contributed by atoms with E-state index in [0.717, 1.165) is 20.1 Å². The Kier molecular flexibility index (Phi) is 4.87. The van der Waals surface area contributed by atoms with Crippen LogP contribution in [0.25, 0.3) is 22.8 Å². The van der Waals surface area contributed by atoms with E-state index < -0.39 is 0 Å². The van der Waals surface area contributed by atoms with Crippen LogP contribution in [0.5, 0.6) is 0 Å². The van der Waals surface area contributed by atoms with E-state index in [1.807, 2.05) is 18.2 Å². The second-order valence-electron chi connectivity index (χ2n) is 5.53. The van der Waals surface area contributed by atoms with Gasteiger partial charge in [0.2, 0.25) is 0 Å². The normalized spacial score (nSPS) is 11.0. The van der Waals surface area contributed by atoms with Crippen LogP contribution in [0.4, 0.5) is 0 Å². The molecule has 2 aromatic carbocycles. The van der Waals surface area contributed by atoms with Gasteiger partial charge in [-0.15, -0.1) is 0 Å². The fourth-order valence-corrected chi connectivity index (χ4v) is 3.48. The van der Waals surface area contributed by atoms with E-state index in [4.69, 9.17) is 0 Å². The minimum atomic E-state index is 0.511. The molecule has 0 fully saturated rings. The summed E-state index contributed by atoms with van der Waals surface area (Å²) in [4.78, 5) is 13.2. The molecule has 0 aliphatic carbocycles. The van der Waals surface area contributed by atoms with Gasteiger partial charge in [-0.25, -0.2) is 15.0 Å². The van der Waals surface area contributed by atoms with Gasteiger partial charge in [0, 0.05) is 20.1 Å². The third-order valence-electron chi connectivity index (χ3n) is 3.58. The molecule has 0 N–H and O–H groups in total. The van der Waals surface area contributed by atoms with Crippen molar-refractivity contribution in [3.05, 3.63) is 63.3 Å². The van der Waals surface area contributed by atoms with Crippen molar-refractivity contribution in [1.29, 1.82) is 0 Å². The molecule has 3 aromatic rings. The van der Waals surface area contributed by atoms with Gasteiger partial charge in [0.1, 0.15) is 6.33 Å². The monoisotopic (exact) mass is 431 g/mol. The summed E-state index contributed by atoms with van der Waals surface area (Å²) in [6, 6.07) is 14.3. The van der Waals surface area contributed by atoms with Gasteiger partial charge >= 0.3 is 0 Å². The standard InChI is InChI=1S/C18H15Br2N3/c1-11(2)12-3-5-13(6-4-12)17-21-10-22-18(23-17)15-8-7-14(19)9-16(15)20/h3-11H,1-2H3. The molecule has 0 atom stereocenters. The summed E-state index contributed by atoms with van der Waals surface area (Å²) < 4.78 is 1.95. The van der Waals surface area contributed by atoms with Crippen molar-refractivity contribution in [2.24, 2.45) is 0 Å². The van der Waals surface area contributed by atoms with Crippen LogP contribution in [0.1, 0.15) is 25.3 Å². The second-order valence-corrected chi connectivity index (χ2v) is 7.30. The van der Waals surface area contributed by atoms with Crippen LogP contribution >= 0.6 is 31.9 Å². The summed E-state index contributed by atoms with van der Waals surface area (Å²) in [6.45, 7) is 4.36. The van der Waals surface area contributed by atoms with E-state index in [9.17, 15) is 0 Å². The van der Waals surface area contributed by atoms with E-state index in [1.165, 1.54) is 5.56 Å². The van der Waals surface area contributed by atoms with Crippen LogP contribution in [-0.4, -0.2) is 15.0 Å². The first-order valence-electron chi connectivity index (χ1n) is 7.29. The molecule has 1 heterocycles. The molecule has 0 aliphatic heterocycles. The van der Waals surface area contributed by atoms with Crippen LogP contribution in [0, 0.1) is 0 Å². The van der Waals surface area contributed by atoms with Crippen molar-refractivity contribution < 1.29 is 0 Å². The Hall–Kier alpha value is -1.59. The van der Waals surface area contributed by atoms with Crippen molar-refractivity contribution in [3.8, 4) is 22.8 Å². The molecule has 3 rings (SSSR count). The van der Waals surface area contributed by atoms with Crippen molar-refractivity contribution in [1.82, 2.24) is 15.0 Å². The second kappa shape index (κ2) is 6.89. The lowest BCUT2D eigenvalue weighted by Gasteiger charge is -2.08. The molecule has 0 bridgehead atoms. The molecule has 0 spiro atoms. The third-order valence-corrected chi connectivity index (χ3v) is 4.73. The van der Waals surface area contributed by atoms with Crippen molar-refractivity contribution in [2.45, 2.75) is 19.8 Å². The lowest BCUT2D eigenvalue weighted by atomic mass is 10.0. The molecule has 0 amide bonds. The van der Waals surface area contributed by atoms with Gasteiger partial charge in [-0.05, 0) is 45.6 Å². The van der Waals surface area contributed by atoms with Gasteiger partial charge in [-0.3, -0.25) is 0 Å². The topological polar surface area (TPSA) is 38.7 Å². The van der Waals surface area contributed by atoms with E-state index in [1.54, 1.807) is 6.33 Å². The summed E-state index contributed by atoms with van der Waals surface area (Å²) in [5.41, 5.74) is 3.24. The average Bonchev–Trinajstić information content (AvgIpc) is 2.55. The molecule has 3 nitrogen and oxygen atoms in total. The number of aromatic nitrogens is 3. The number of rotatable bonds is 3. The highest BCUT2D eigenvalue weighted by Gasteiger charge is 2.10. The molecule has 0 unspecified atom stereocenters. The van der Waals surface area contributed by atoms with Crippen LogP contribution in [0.2, 0.25) is 0 Å². The van der Waals surface area contributed by atoms with Gasteiger partial charge < -0.3 is 0 Å². The molecule has 5 heteroatoms. The third kappa shape index (κ3) is 3.67. The highest BCUT2D eigenvalue weighted by molar-refractivity contribution is 9.11. The summed E-state index contributed by atoms with van der Waals surface area (Å²) >= 11 is 7.01. The molecule has 0 saturated heterocycles. The Morgan fingerprint density at radius 1 is 0.870 bits per heavy atom.